The normalized spacial score (nSPS) is 13.4. The first-order chi connectivity index (χ1) is 25.8. The second kappa shape index (κ2) is 40.4. The van der Waals surface area contributed by atoms with Gasteiger partial charge in [0.1, 0.15) is 6.61 Å². The van der Waals surface area contributed by atoms with E-state index in [2.05, 4.69) is 19.9 Å². The number of unbranched alkanes of at least 4 members (excludes halogenated alkanes) is 27. The molecule has 9 nitrogen and oxygen atoms in total. The van der Waals surface area contributed by atoms with E-state index in [0.717, 1.165) is 25.7 Å². The number of phosphoric ester groups is 1. The van der Waals surface area contributed by atoms with Gasteiger partial charge in [0.25, 0.3) is 0 Å². The van der Waals surface area contributed by atoms with Gasteiger partial charge in [0, 0.05) is 19.4 Å². The van der Waals surface area contributed by atoms with Gasteiger partial charge in [0.15, 0.2) is 6.10 Å². The Balaban J connectivity index is 4.14. The molecule has 10 heteroatoms. The molecule has 0 aromatic rings. The Morgan fingerprint density at radius 3 is 1.42 bits per heavy atom. The van der Waals surface area contributed by atoms with E-state index >= 15 is 0 Å². The molecule has 0 fully saturated rings. The molecule has 0 bridgehead atoms. The maximum atomic E-state index is 12.6. The summed E-state index contributed by atoms with van der Waals surface area (Å²) >= 11 is 0. The van der Waals surface area contributed by atoms with Gasteiger partial charge in [-0.25, -0.2) is 4.57 Å². The van der Waals surface area contributed by atoms with E-state index in [1.807, 2.05) is 6.08 Å². The molecule has 0 saturated carbocycles. The fourth-order valence-corrected chi connectivity index (χ4v) is 7.12. The lowest BCUT2D eigenvalue weighted by Gasteiger charge is -2.19. The van der Waals surface area contributed by atoms with Crippen LogP contribution in [0.25, 0.3) is 0 Å². The zero-order valence-electron chi connectivity index (χ0n) is 34.5. The average Bonchev–Trinajstić information content (AvgIpc) is 3.14. The van der Waals surface area contributed by atoms with Crippen LogP contribution < -0.4 is 5.73 Å². The molecule has 3 N–H and O–H groups in total. The molecule has 0 heterocycles. The molecule has 0 aliphatic heterocycles. The highest BCUT2D eigenvalue weighted by Gasteiger charge is 2.25. The van der Waals surface area contributed by atoms with E-state index in [4.69, 9.17) is 24.3 Å². The number of phosphoric acid groups is 1. The van der Waals surface area contributed by atoms with E-state index in [9.17, 15) is 19.0 Å². The number of hydrogen-bond acceptors (Lipinski definition) is 8. The van der Waals surface area contributed by atoms with Crippen LogP contribution in [0.5, 0.6) is 0 Å². The van der Waals surface area contributed by atoms with Crippen molar-refractivity contribution in [3.8, 4) is 0 Å². The summed E-state index contributed by atoms with van der Waals surface area (Å²) in [6.45, 7) is 3.72. The molecule has 314 valence electrons. The first-order valence-electron chi connectivity index (χ1n) is 22.2. The summed E-state index contributed by atoms with van der Waals surface area (Å²) in [5.74, 6) is -0.873. The third-order valence-corrected chi connectivity index (χ3v) is 10.6. The van der Waals surface area contributed by atoms with E-state index < -0.39 is 32.5 Å². The number of carbonyl (C=O) groups is 2. The molecule has 0 saturated heterocycles. The number of rotatable bonds is 42. The summed E-state index contributed by atoms with van der Waals surface area (Å²) in [6, 6.07) is 0. The highest BCUT2D eigenvalue weighted by Crippen LogP contribution is 2.43. The molecule has 2 atom stereocenters. The SMILES string of the molecule is CCCCCCCCCCCCC/C=C/CCC(=O)OC[C@H](COP(=O)(O)OCCN)OC(=O)CCCCCCCCCCCCCCCCCCC. The van der Waals surface area contributed by atoms with E-state index in [0.29, 0.717) is 12.8 Å². The zero-order chi connectivity index (χ0) is 38.9. The first kappa shape index (κ1) is 51.8. The summed E-state index contributed by atoms with van der Waals surface area (Å²) in [6.07, 6.45) is 41.1. The largest absolute Gasteiger partial charge is 0.472 e. The van der Waals surface area contributed by atoms with Crippen LogP contribution in [-0.4, -0.2) is 49.3 Å². The summed E-state index contributed by atoms with van der Waals surface area (Å²) < 4.78 is 32.7. The Morgan fingerprint density at radius 2 is 0.962 bits per heavy atom. The fraction of sp³-hybridized carbons (Fsp3) is 0.907. The quantitative estimate of drug-likeness (QED) is 0.0269. The van der Waals surface area contributed by atoms with Crippen LogP contribution in [0.3, 0.4) is 0 Å². The van der Waals surface area contributed by atoms with Crippen LogP contribution in [0, 0.1) is 0 Å². The lowest BCUT2D eigenvalue weighted by atomic mass is 10.0. The minimum Gasteiger partial charge on any atom is -0.462 e. The number of nitrogens with two attached hydrogens (primary N) is 1. The van der Waals surface area contributed by atoms with Crippen LogP contribution in [0.2, 0.25) is 0 Å². The Hall–Kier alpha value is -1.25. The predicted molar refractivity (Wildman–Crippen MR) is 220 cm³/mol. The Morgan fingerprint density at radius 1 is 0.547 bits per heavy atom. The molecule has 1 unspecified atom stereocenters. The van der Waals surface area contributed by atoms with Gasteiger partial charge < -0.3 is 20.1 Å². The summed E-state index contributed by atoms with van der Waals surface area (Å²) in [5, 5.41) is 0. The maximum Gasteiger partial charge on any atom is 0.472 e. The van der Waals surface area contributed by atoms with Gasteiger partial charge in [-0.15, -0.1) is 0 Å². The average molecular weight is 774 g/mol. The van der Waals surface area contributed by atoms with Gasteiger partial charge in [-0.05, 0) is 25.7 Å². The minimum atomic E-state index is -4.38. The molecule has 53 heavy (non-hydrogen) atoms. The van der Waals surface area contributed by atoms with Crippen LogP contribution >= 0.6 is 7.82 Å². The van der Waals surface area contributed by atoms with Crippen LogP contribution in [0.1, 0.15) is 219 Å². The van der Waals surface area contributed by atoms with Crippen LogP contribution in [0.15, 0.2) is 12.2 Å². The fourth-order valence-electron chi connectivity index (χ4n) is 6.36. The van der Waals surface area contributed by atoms with Gasteiger partial charge in [0.2, 0.25) is 0 Å². The summed E-state index contributed by atoms with van der Waals surface area (Å²) in [7, 11) is -4.38. The number of carbonyl (C=O) groups excluding carboxylic acids is 2. The van der Waals surface area contributed by atoms with Gasteiger partial charge >= 0.3 is 19.8 Å². The van der Waals surface area contributed by atoms with Crippen molar-refractivity contribution >= 4 is 19.8 Å². The lowest BCUT2D eigenvalue weighted by molar-refractivity contribution is -0.161. The Kier molecular flexibility index (Phi) is 39.5. The molecule has 0 rings (SSSR count). The van der Waals surface area contributed by atoms with Crippen molar-refractivity contribution in [2.75, 3.05) is 26.4 Å². The zero-order valence-corrected chi connectivity index (χ0v) is 35.4. The topological polar surface area (TPSA) is 134 Å². The Labute approximate surface area is 326 Å². The third-order valence-electron chi connectivity index (χ3n) is 9.66. The maximum absolute atomic E-state index is 12.6. The van der Waals surface area contributed by atoms with E-state index in [1.54, 1.807) is 0 Å². The highest BCUT2D eigenvalue weighted by molar-refractivity contribution is 7.47. The number of allylic oxidation sites excluding steroid dienone is 2. The van der Waals surface area contributed by atoms with E-state index in [1.165, 1.54) is 154 Å². The number of ether oxygens (including phenoxy) is 2. The smallest absolute Gasteiger partial charge is 0.462 e. The van der Waals surface area contributed by atoms with Crippen molar-refractivity contribution in [3.63, 3.8) is 0 Å². The van der Waals surface area contributed by atoms with Gasteiger partial charge in [0.05, 0.1) is 13.2 Å². The van der Waals surface area contributed by atoms with Crippen molar-refractivity contribution in [2.45, 2.75) is 225 Å². The van der Waals surface area contributed by atoms with Crippen LogP contribution in [-0.2, 0) is 32.7 Å². The lowest BCUT2D eigenvalue weighted by Crippen LogP contribution is -2.29. The molecule has 0 aliphatic rings. The monoisotopic (exact) mass is 774 g/mol. The molecule has 0 amide bonds. The third kappa shape index (κ3) is 40.2. The van der Waals surface area contributed by atoms with Crippen molar-refractivity contribution in [1.29, 1.82) is 0 Å². The molecule has 0 aromatic carbocycles. The van der Waals surface area contributed by atoms with Gasteiger partial charge in [-0.3, -0.25) is 18.6 Å². The standard InChI is InChI=1S/C43H84NO8P/c1-3-5-7-9-11-13-15-17-19-20-22-24-26-28-30-32-34-36-43(46)52-41(40-51-53(47,48)50-38-37-44)39-49-42(45)35-33-31-29-27-25-23-21-18-16-14-12-10-8-6-4-2/h29,31,41H,3-28,30,32-40,44H2,1-2H3,(H,47,48)/b31-29+/t41-/m1/s1. The van der Waals surface area contributed by atoms with Gasteiger partial charge in [-0.2, -0.15) is 0 Å². The molecule has 0 aromatic heterocycles. The summed E-state index contributed by atoms with van der Waals surface area (Å²) in [5.41, 5.74) is 5.35. The number of esters is 2. The van der Waals surface area contributed by atoms with Crippen molar-refractivity contribution in [3.05, 3.63) is 12.2 Å². The second-order valence-corrected chi connectivity index (χ2v) is 16.4. The molecular formula is C43H84NO8P. The van der Waals surface area contributed by atoms with Crippen molar-refractivity contribution in [2.24, 2.45) is 5.73 Å². The van der Waals surface area contributed by atoms with Crippen molar-refractivity contribution in [1.82, 2.24) is 0 Å². The molecular weight excluding hydrogens is 689 g/mol. The highest BCUT2D eigenvalue weighted by atomic mass is 31.2. The number of hydrogen-bond donors (Lipinski definition) is 2. The van der Waals surface area contributed by atoms with Crippen molar-refractivity contribution < 1.29 is 37.6 Å². The molecule has 0 radical (unpaired) electrons. The van der Waals surface area contributed by atoms with Crippen LogP contribution in [0.4, 0.5) is 0 Å². The summed E-state index contributed by atoms with van der Waals surface area (Å²) in [4.78, 5) is 34.8. The minimum absolute atomic E-state index is 0.0526. The molecule has 0 spiro atoms. The van der Waals surface area contributed by atoms with Gasteiger partial charge in [-0.1, -0.05) is 193 Å². The first-order valence-corrected chi connectivity index (χ1v) is 23.7. The molecule has 0 aliphatic carbocycles. The van der Waals surface area contributed by atoms with E-state index in [-0.39, 0.29) is 32.6 Å². The predicted octanol–water partition coefficient (Wildman–Crippen LogP) is 12.6. The Bertz CT molecular complexity index is 886. The second-order valence-electron chi connectivity index (χ2n) is 14.9.